The highest BCUT2D eigenvalue weighted by molar-refractivity contribution is 8.01. The maximum atomic E-state index is 13.3. The van der Waals surface area contributed by atoms with Crippen molar-refractivity contribution < 1.29 is 23.8 Å². The van der Waals surface area contributed by atoms with Crippen LogP contribution in [0.15, 0.2) is 41.8 Å². The number of thiazole rings is 1. The molecule has 1 N–H and O–H groups in total. The van der Waals surface area contributed by atoms with E-state index in [1.165, 1.54) is 23.1 Å². The molecule has 36 heavy (non-hydrogen) atoms. The molecule has 1 aliphatic heterocycles. The van der Waals surface area contributed by atoms with Gasteiger partial charge in [0, 0.05) is 34.5 Å². The highest BCUT2D eigenvalue weighted by atomic mass is 35.5. The number of nitrogens with one attached hydrogen (secondary N) is 1. The number of methoxy groups -OCH3 is 2. The zero-order valence-electron chi connectivity index (χ0n) is 20.2. The maximum absolute atomic E-state index is 13.3. The summed E-state index contributed by atoms with van der Waals surface area (Å²) in [5.41, 5.74) is 3.32. The van der Waals surface area contributed by atoms with E-state index in [0.29, 0.717) is 41.7 Å². The van der Waals surface area contributed by atoms with Gasteiger partial charge in [0.2, 0.25) is 5.91 Å². The van der Waals surface area contributed by atoms with Crippen molar-refractivity contribution in [2.45, 2.75) is 36.7 Å². The number of thioether (sulfide) groups is 1. The lowest BCUT2D eigenvalue weighted by molar-refractivity contribution is -0.143. The van der Waals surface area contributed by atoms with Crippen LogP contribution in [0.3, 0.4) is 0 Å². The summed E-state index contributed by atoms with van der Waals surface area (Å²) in [6, 6.07) is 11.2. The number of para-hydroxylation sites is 1. The smallest absolute Gasteiger partial charge is 0.306 e. The molecule has 1 aromatic heterocycles. The molecular formula is C26H27ClN2O5S2. The Morgan fingerprint density at radius 1 is 1.17 bits per heavy atom. The molecule has 10 heteroatoms. The molecule has 4 rings (SSSR count). The standard InChI is InChI=1S/C26H27ClN2O5S2/c1-4-34-23(30)11-9-16-14-35-22(28-16)13-21-26(31)29-19-10-8-15(27)12-18(19)25(36-21)17-6-5-7-20(32-2)24(17)33-3/h5-8,10,12,14,21,25H,4,9,11,13H2,1-3H3,(H,29,31)/t21-,25-/m1/s1. The zero-order valence-corrected chi connectivity index (χ0v) is 22.6. The third-order valence-corrected chi connectivity index (χ3v) is 8.36. The van der Waals surface area contributed by atoms with E-state index < -0.39 is 5.25 Å². The Labute approximate surface area is 223 Å². The number of benzene rings is 2. The summed E-state index contributed by atoms with van der Waals surface area (Å²) in [6.45, 7) is 2.15. The third-order valence-electron chi connectivity index (χ3n) is 5.71. The second-order valence-corrected chi connectivity index (χ2v) is 10.7. The van der Waals surface area contributed by atoms with Crippen molar-refractivity contribution in [3.63, 3.8) is 0 Å². The number of carbonyl (C=O) groups excluding carboxylic acids is 2. The molecule has 190 valence electrons. The molecule has 1 aliphatic rings. The van der Waals surface area contributed by atoms with Crippen molar-refractivity contribution in [3.05, 3.63) is 68.6 Å². The molecule has 2 aromatic carbocycles. The number of nitrogens with zero attached hydrogens (tertiary/aromatic N) is 1. The van der Waals surface area contributed by atoms with E-state index in [4.69, 9.17) is 25.8 Å². The molecule has 1 amide bonds. The van der Waals surface area contributed by atoms with Gasteiger partial charge in [-0.15, -0.1) is 23.1 Å². The fourth-order valence-corrected chi connectivity index (χ4v) is 6.66. The lowest BCUT2D eigenvalue weighted by Crippen LogP contribution is -2.26. The molecule has 0 saturated carbocycles. The second-order valence-electron chi connectivity index (χ2n) is 8.05. The Morgan fingerprint density at radius 2 is 2.00 bits per heavy atom. The zero-order chi connectivity index (χ0) is 25.7. The van der Waals surface area contributed by atoms with Crippen LogP contribution in [0.4, 0.5) is 5.69 Å². The van der Waals surface area contributed by atoms with E-state index in [9.17, 15) is 9.59 Å². The first-order valence-electron chi connectivity index (χ1n) is 11.5. The Bertz CT molecular complexity index is 1250. The van der Waals surface area contributed by atoms with Crippen LogP contribution in [-0.4, -0.2) is 42.9 Å². The van der Waals surface area contributed by atoms with Gasteiger partial charge in [-0.25, -0.2) is 4.98 Å². The van der Waals surface area contributed by atoms with E-state index in [0.717, 1.165) is 21.8 Å². The number of hydrogen-bond donors (Lipinski definition) is 1. The molecule has 2 atom stereocenters. The van der Waals surface area contributed by atoms with Crippen LogP contribution in [0.1, 0.15) is 40.4 Å². The normalized spacial score (nSPS) is 17.1. The minimum absolute atomic E-state index is 0.101. The summed E-state index contributed by atoms with van der Waals surface area (Å²) in [5.74, 6) is 0.894. The molecule has 0 spiro atoms. The van der Waals surface area contributed by atoms with Crippen LogP contribution in [0, 0.1) is 0 Å². The molecule has 0 radical (unpaired) electrons. The molecule has 2 heterocycles. The molecule has 0 bridgehead atoms. The Balaban J connectivity index is 1.63. The Kier molecular flexibility index (Phi) is 8.77. The van der Waals surface area contributed by atoms with Crippen molar-refractivity contribution in [3.8, 4) is 11.5 Å². The topological polar surface area (TPSA) is 86.8 Å². The molecule has 0 unspecified atom stereocenters. The summed E-state index contributed by atoms with van der Waals surface area (Å²) in [5, 5.41) is 5.77. The fraction of sp³-hybridized carbons (Fsp3) is 0.346. The lowest BCUT2D eigenvalue weighted by Gasteiger charge is -2.23. The van der Waals surface area contributed by atoms with Crippen molar-refractivity contribution in [1.29, 1.82) is 0 Å². The number of esters is 1. The van der Waals surface area contributed by atoms with Gasteiger partial charge in [0.05, 0.1) is 48.4 Å². The Morgan fingerprint density at radius 3 is 2.75 bits per heavy atom. The van der Waals surface area contributed by atoms with E-state index in [-0.39, 0.29) is 23.5 Å². The van der Waals surface area contributed by atoms with Crippen molar-refractivity contribution in [1.82, 2.24) is 4.98 Å². The summed E-state index contributed by atoms with van der Waals surface area (Å²) in [7, 11) is 3.21. The van der Waals surface area contributed by atoms with E-state index in [1.54, 1.807) is 27.2 Å². The summed E-state index contributed by atoms with van der Waals surface area (Å²) < 4.78 is 16.3. The average molecular weight is 547 g/mol. The monoisotopic (exact) mass is 546 g/mol. The van der Waals surface area contributed by atoms with Gasteiger partial charge in [0.15, 0.2) is 11.5 Å². The largest absolute Gasteiger partial charge is 0.493 e. The minimum Gasteiger partial charge on any atom is -0.493 e. The molecule has 0 fully saturated rings. The third kappa shape index (κ3) is 5.96. The number of hydrogen-bond acceptors (Lipinski definition) is 8. The number of anilines is 1. The predicted molar refractivity (Wildman–Crippen MR) is 144 cm³/mol. The first kappa shape index (κ1) is 26.3. The fourth-order valence-electron chi connectivity index (χ4n) is 4.06. The number of rotatable bonds is 9. The van der Waals surface area contributed by atoms with Crippen LogP contribution in [0.5, 0.6) is 11.5 Å². The van der Waals surface area contributed by atoms with Crippen LogP contribution in [0.2, 0.25) is 5.02 Å². The molecule has 7 nitrogen and oxygen atoms in total. The molecule has 0 aliphatic carbocycles. The van der Waals surface area contributed by atoms with Crippen molar-refractivity contribution >= 4 is 52.3 Å². The number of aryl methyl sites for hydroxylation is 1. The molecule has 0 saturated heterocycles. The van der Waals surface area contributed by atoms with E-state index in [1.807, 2.05) is 35.7 Å². The summed E-state index contributed by atoms with van der Waals surface area (Å²) in [6.07, 6.45) is 1.24. The number of aromatic nitrogens is 1. The van der Waals surface area contributed by atoms with E-state index >= 15 is 0 Å². The number of carbonyl (C=O) groups is 2. The van der Waals surface area contributed by atoms with Crippen molar-refractivity contribution in [2.24, 2.45) is 0 Å². The summed E-state index contributed by atoms with van der Waals surface area (Å²) >= 11 is 9.39. The molecule has 3 aromatic rings. The first-order chi connectivity index (χ1) is 17.4. The number of halogens is 1. The van der Waals surface area contributed by atoms with Gasteiger partial charge >= 0.3 is 5.97 Å². The van der Waals surface area contributed by atoms with Gasteiger partial charge in [-0.2, -0.15) is 0 Å². The Hall–Kier alpha value is -2.75. The van der Waals surface area contributed by atoms with Crippen LogP contribution in [0.25, 0.3) is 0 Å². The predicted octanol–water partition coefficient (Wildman–Crippen LogP) is 5.70. The van der Waals surface area contributed by atoms with E-state index in [2.05, 4.69) is 10.3 Å². The highest BCUT2D eigenvalue weighted by Crippen LogP contribution is 2.50. The summed E-state index contributed by atoms with van der Waals surface area (Å²) in [4.78, 5) is 29.7. The number of amides is 1. The van der Waals surface area contributed by atoms with Gasteiger partial charge in [0.25, 0.3) is 0 Å². The lowest BCUT2D eigenvalue weighted by atomic mass is 10.0. The quantitative estimate of drug-likeness (QED) is 0.345. The minimum atomic E-state index is -0.416. The van der Waals surface area contributed by atoms with Crippen LogP contribution >= 0.6 is 34.7 Å². The van der Waals surface area contributed by atoms with Crippen LogP contribution < -0.4 is 14.8 Å². The van der Waals surface area contributed by atoms with Gasteiger partial charge in [-0.05, 0) is 36.8 Å². The SMILES string of the molecule is CCOC(=O)CCc1csc(C[C@H]2S[C@H](c3cccc(OC)c3OC)c3cc(Cl)ccc3NC2=O)n1. The van der Waals surface area contributed by atoms with Crippen molar-refractivity contribution in [2.75, 3.05) is 26.1 Å². The van der Waals surface area contributed by atoms with Gasteiger partial charge in [0.1, 0.15) is 0 Å². The van der Waals surface area contributed by atoms with Gasteiger partial charge in [-0.1, -0.05) is 23.7 Å². The van der Waals surface area contributed by atoms with Crippen LogP contribution in [-0.2, 0) is 27.2 Å². The average Bonchev–Trinajstić information content (AvgIpc) is 3.28. The second kappa shape index (κ2) is 12.0. The molecular weight excluding hydrogens is 520 g/mol. The number of ether oxygens (including phenoxy) is 3. The van der Waals surface area contributed by atoms with Gasteiger partial charge < -0.3 is 19.5 Å². The first-order valence-corrected chi connectivity index (χ1v) is 13.7. The highest BCUT2D eigenvalue weighted by Gasteiger charge is 2.34. The maximum Gasteiger partial charge on any atom is 0.306 e. The number of fused-ring (bicyclic) bond motifs is 1. The van der Waals surface area contributed by atoms with Gasteiger partial charge in [-0.3, -0.25) is 9.59 Å².